The van der Waals surface area contributed by atoms with Crippen molar-refractivity contribution in [2.24, 2.45) is 0 Å². The van der Waals surface area contributed by atoms with Gasteiger partial charge in [-0.05, 0) is 25.3 Å². The summed E-state index contributed by atoms with van der Waals surface area (Å²) in [6.45, 7) is 1.14. The van der Waals surface area contributed by atoms with Gasteiger partial charge in [-0.1, -0.05) is 12.2 Å². The highest BCUT2D eigenvalue weighted by atomic mass is 19.1. The van der Waals surface area contributed by atoms with Crippen molar-refractivity contribution in [2.75, 3.05) is 38.4 Å². The van der Waals surface area contributed by atoms with Gasteiger partial charge in [0.1, 0.15) is 12.5 Å². The van der Waals surface area contributed by atoms with Crippen LogP contribution in [0.15, 0.2) is 12.3 Å². The Kier molecular flexibility index (Phi) is 4.68. The summed E-state index contributed by atoms with van der Waals surface area (Å²) in [6.07, 6.45) is 9.34. The number of aromatic nitrogens is 3. The van der Waals surface area contributed by atoms with Crippen LogP contribution in [0.5, 0.6) is 0 Å². The van der Waals surface area contributed by atoms with Crippen molar-refractivity contribution in [1.82, 2.24) is 14.4 Å². The average molecular weight is 304 g/mol. The van der Waals surface area contributed by atoms with Crippen LogP contribution in [0.2, 0.25) is 0 Å². The van der Waals surface area contributed by atoms with Crippen LogP contribution in [0.1, 0.15) is 19.3 Å². The minimum Gasteiger partial charge on any atom is -0.379 e. The lowest BCUT2D eigenvalue weighted by molar-refractivity contribution is 0.118. The molecule has 0 spiro atoms. The van der Waals surface area contributed by atoms with Crippen LogP contribution in [0.3, 0.4) is 0 Å². The summed E-state index contributed by atoms with van der Waals surface area (Å²) in [6, 6.07) is 2.00. The lowest BCUT2D eigenvalue weighted by Crippen LogP contribution is -2.28. The van der Waals surface area contributed by atoms with Gasteiger partial charge in [-0.15, -0.1) is 0 Å². The van der Waals surface area contributed by atoms with E-state index in [1.165, 1.54) is 0 Å². The Morgan fingerprint density at radius 1 is 1.27 bits per heavy atom. The summed E-state index contributed by atoms with van der Waals surface area (Å²) < 4.78 is 19.1. The molecule has 0 unspecified atom stereocenters. The Bertz CT molecular complexity index is 755. The SMILES string of the molecule is CN(CCCOCCF)c1ccn2c3c(nc2n1)=CCCC=3. The minimum atomic E-state index is -0.424. The fraction of sp³-hybridized carbons (Fsp3) is 0.500. The molecule has 0 saturated carbocycles. The number of alkyl halides is 1. The van der Waals surface area contributed by atoms with Crippen molar-refractivity contribution >= 4 is 23.7 Å². The Labute approximate surface area is 128 Å². The molecule has 1 aliphatic carbocycles. The van der Waals surface area contributed by atoms with Gasteiger partial charge in [0, 0.05) is 26.4 Å². The van der Waals surface area contributed by atoms with E-state index < -0.39 is 6.67 Å². The number of halogens is 1. The lowest BCUT2D eigenvalue weighted by Gasteiger charge is -2.17. The maximum Gasteiger partial charge on any atom is 0.236 e. The van der Waals surface area contributed by atoms with Gasteiger partial charge in [-0.25, -0.2) is 9.37 Å². The lowest BCUT2D eigenvalue weighted by atomic mass is 10.2. The van der Waals surface area contributed by atoms with E-state index in [4.69, 9.17) is 4.74 Å². The van der Waals surface area contributed by atoms with E-state index in [1.807, 2.05) is 23.7 Å². The summed E-state index contributed by atoms with van der Waals surface area (Å²) >= 11 is 0. The molecule has 0 N–H and O–H groups in total. The summed E-state index contributed by atoms with van der Waals surface area (Å²) in [5.74, 6) is 1.62. The molecule has 22 heavy (non-hydrogen) atoms. The molecular formula is C16H21FN4O. The van der Waals surface area contributed by atoms with E-state index in [0.717, 1.165) is 48.1 Å². The monoisotopic (exact) mass is 304 g/mol. The number of imidazole rings is 1. The second kappa shape index (κ2) is 6.87. The summed E-state index contributed by atoms with van der Waals surface area (Å²) in [7, 11) is 2.00. The number of hydrogen-bond donors (Lipinski definition) is 0. The summed E-state index contributed by atoms with van der Waals surface area (Å²) in [5, 5.41) is 2.17. The van der Waals surface area contributed by atoms with Crippen LogP contribution >= 0.6 is 0 Å². The molecule has 0 aromatic carbocycles. The molecule has 0 radical (unpaired) electrons. The zero-order valence-corrected chi connectivity index (χ0v) is 12.8. The number of nitrogens with zero attached hydrogens (tertiary/aromatic N) is 4. The zero-order chi connectivity index (χ0) is 15.4. The first kappa shape index (κ1) is 15.0. The first-order chi connectivity index (χ1) is 10.8. The third-order valence-corrected chi connectivity index (χ3v) is 3.78. The Balaban J connectivity index is 1.72. The van der Waals surface area contributed by atoms with Crippen molar-refractivity contribution in [3.63, 3.8) is 0 Å². The Morgan fingerprint density at radius 3 is 3.00 bits per heavy atom. The standard InChI is InChI=1S/C16H21FN4O/c1-20(9-4-11-22-12-8-17)15-7-10-21-14-6-3-2-5-13(14)18-16(21)19-15/h5-7,10H,2-4,8-9,11-12H2,1H3. The van der Waals surface area contributed by atoms with Crippen molar-refractivity contribution in [3.05, 3.63) is 23.0 Å². The highest BCUT2D eigenvalue weighted by Gasteiger charge is 2.08. The van der Waals surface area contributed by atoms with Gasteiger partial charge in [-0.3, -0.25) is 4.40 Å². The molecule has 2 aromatic heterocycles. The van der Waals surface area contributed by atoms with E-state index in [1.54, 1.807) is 0 Å². The second-order valence-electron chi connectivity index (χ2n) is 5.40. The van der Waals surface area contributed by atoms with Gasteiger partial charge in [-0.2, -0.15) is 4.98 Å². The van der Waals surface area contributed by atoms with Gasteiger partial charge >= 0.3 is 0 Å². The summed E-state index contributed by atoms with van der Waals surface area (Å²) in [4.78, 5) is 11.3. The van der Waals surface area contributed by atoms with E-state index >= 15 is 0 Å². The van der Waals surface area contributed by atoms with Gasteiger partial charge in [0.05, 0.1) is 17.3 Å². The number of ether oxygens (including phenoxy) is 1. The smallest absolute Gasteiger partial charge is 0.236 e. The molecule has 5 nitrogen and oxygen atoms in total. The third kappa shape index (κ3) is 3.11. The van der Waals surface area contributed by atoms with Crippen LogP contribution in [0, 0.1) is 0 Å². The van der Waals surface area contributed by atoms with Crippen molar-refractivity contribution in [3.8, 4) is 0 Å². The molecule has 2 aromatic rings. The fourth-order valence-corrected chi connectivity index (χ4v) is 2.64. The Hall–Kier alpha value is -1.95. The molecule has 0 bridgehead atoms. The van der Waals surface area contributed by atoms with Crippen LogP contribution in [0.4, 0.5) is 10.2 Å². The van der Waals surface area contributed by atoms with E-state index in [-0.39, 0.29) is 6.61 Å². The molecule has 2 heterocycles. The van der Waals surface area contributed by atoms with Crippen molar-refractivity contribution in [1.29, 1.82) is 0 Å². The molecule has 0 atom stereocenters. The fourth-order valence-electron chi connectivity index (χ4n) is 2.64. The third-order valence-electron chi connectivity index (χ3n) is 3.78. The summed E-state index contributed by atoms with van der Waals surface area (Å²) in [5.41, 5.74) is 0. The van der Waals surface area contributed by atoms with E-state index in [0.29, 0.717) is 6.61 Å². The van der Waals surface area contributed by atoms with Gasteiger partial charge < -0.3 is 9.64 Å². The van der Waals surface area contributed by atoms with Crippen LogP contribution < -0.4 is 15.6 Å². The first-order valence-electron chi connectivity index (χ1n) is 7.70. The average Bonchev–Trinajstić information content (AvgIpc) is 2.92. The van der Waals surface area contributed by atoms with Gasteiger partial charge in [0.2, 0.25) is 5.78 Å². The molecule has 0 fully saturated rings. The minimum absolute atomic E-state index is 0.181. The normalized spacial score (nSPS) is 13.5. The topological polar surface area (TPSA) is 42.7 Å². The Morgan fingerprint density at radius 2 is 2.14 bits per heavy atom. The zero-order valence-electron chi connectivity index (χ0n) is 12.8. The number of rotatable bonds is 7. The molecule has 0 saturated heterocycles. The molecule has 1 aliphatic rings. The quantitative estimate of drug-likeness (QED) is 0.713. The van der Waals surface area contributed by atoms with Crippen LogP contribution in [0.25, 0.3) is 17.9 Å². The van der Waals surface area contributed by atoms with Crippen LogP contribution in [-0.2, 0) is 4.74 Å². The van der Waals surface area contributed by atoms with Gasteiger partial charge in [0.15, 0.2) is 0 Å². The maximum atomic E-state index is 11.9. The molecule has 0 amide bonds. The molecule has 118 valence electrons. The van der Waals surface area contributed by atoms with E-state index in [9.17, 15) is 4.39 Å². The second-order valence-corrected chi connectivity index (χ2v) is 5.40. The largest absolute Gasteiger partial charge is 0.379 e. The van der Waals surface area contributed by atoms with Crippen molar-refractivity contribution < 1.29 is 9.13 Å². The van der Waals surface area contributed by atoms with E-state index in [2.05, 4.69) is 27.0 Å². The van der Waals surface area contributed by atoms with Crippen molar-refractivity contribution in [2.45, 2.75) is 19.3 Å². The molecule has 3 rings (SSSR count). The molecule has 0 aliphatic heterocycles. The predicted octanol–water partition coefficient (Wildman–Crippen LogP) is 0.897. The first-order valence-corrected chi connectivity index (χ1v) is 7.70. The number of hydrogen-bond acceptors (Lipinski definition) is 4. The van der Waals surface area contributed by atoms with Gasteiger partial charge in [0.25, 0.3) is 0 Å². The number of anilines is 1. The molecule has 6 heteroatoms. The number of fused-ring (bicyclic) bond motifs is 3. The highest BCUT2D eigenvalue weighted by Crippen LogP contribution is 2.09. The molecular weight excluding hydrogens is 283 g/mol. The maximum absolute atomic E-state index is 11.9. The highest BCUT2D eigenvalue weighted by molar-refractivity contribution is 5.46. The van der Waals surface area contributed by atoms with Crippen LogP contribution in [-0.4, -0.2) is 47.8 Å². The predicted molar refractivity (Wildman–Crippen MR) is 85.1 cm³/mol.